The Labute approximate surface area is 99.2 Å². The highest BCUT2D eigenvalue weighted by Gasteiger charge is 2.22. The molecule has 3 heteroatoms. The maximum atomic E-state index is 11.6. The van der Waals surface area contributed by atoms with Gasteiger partial charge in [0.2, 0.25) is 5.91 Å². The van der Waals surface area contributed by atoms with Crippen molar-refractivity contribution in [3.8, 4) is 0 Å². The lowest BCUT2D eigenvalue weighted by Crippen LogP contribution is -2.41. The van der Waals surface area contributed by atoms with Crippen molar-refractivity contribution in [2.24, 2.45) is 17.6 Å². The van der Waals surface area contributed by atoms with E-state index in [0.717, 1.165) is 12.5 Å². The van der Waals surface area contributed by atoms with Crippen LogP contribution in [0.4, 0.5) is 0 Å². The summed E-state index contributed by atoms with van der Waals surface area (Å²) in [6.07, 6.45) is 5.64. The van der Waals surface area contributed by atoms with Gasteiger partial charge < -0.3 is 11.1 Å². The first kappa shape index (κ1) is 13.5. The molecule has 1 amide bonds. The largest absolute Gasteiger partial charge is 0.356 e. The second-order valence-corrected chi connectivity index (χ2v) is 5.99. The minimum absolute atomic E-state index is 0.0882. The Balaban J connectivity index is 2.25. The van der Waals surface area contributed by atoms with Gasteiger partial charge in [-0.05, 0) is 32.1 Å². The summed E-state index contributed by atoms with van der Waals surface area (Å²) in [5.74, 6) is 1.50. The van der Waals surface area contributed by atoms with Crippen LogP contribution >= 0.6 is 0 Å². The Bertz CT molecular complexity index is 233. The van der Waals surface area contributed by atoms with Gasteiger partial charge in [-0.15, -0.1) is 0 Å². The Hall–Kier alpha value is -0.570. The number of rotatable bonds is 4. The first-order chi connectivity index (χ1) is 7.38. The molecule has 0 aliphatic heterocycles. The average molecular weight is 226 g/mol. The third kappa shape index (κ3) is 4.97. The van der Waals surface area contributed by atoms with E-state index in [4.69, 9.17) is 5.73 Å². The minimum atomic E-state index is -0.401. The summed E-state index contributed by atoms with van der Waals surface area (Å²) in [6, 6.07) is 0. The Morgan fingerprint density at radius 1 is 1.38 bits per heavy atom. The number of amides is 1. The second-order valence-electron chi connectivity index (χ2n) is 5.99. The lowest BCUT2D eigenvalue weighted by atomic mass is 9.80. The zero-order valence-corrected chi connectivity index (χ0v) is 10.9. The van der Waals surface area contributed by atoms with Crippen LogP contribution in [0.15, 0.2) is 0 Å². The predicted octanol–water partition coefficient (Wildman–Crippen LogP) is 2.06. The highest BCUT2D eigenvalue weighted by Crippen LogP contribution is 2.28. The summed E-state index contributed by atoms with van der Waals surface area (Å²) in [6.45, 7) is 6.89. The minimum Gasteiger partial charge on any atom is -0.356 e. The van der Waals surface area contributed by atoms with Crippen molar-refractivity contribution < 1.29 is 4.79 Å². The van der Waals surface area contributed by atoms with Gasteiger partial charge >= 0.3 is 0 Å². The molecule has 94 valence electrons. The second kappa shape index (κ2) is 5.67. The molecule has 0 heterocycles. The molecule has 1 fully saturated rings. The van der Waals surface area contributed by atoms with Gasteiger partial charge in [-0.25, -0.2) is 0 Å². The number of nitrogens with two attached hydrogens (primary N) is 1. The summed E-state index contributed by atoms with van der Waals surface area (Å²) in [7, 11) is 0. The SMILES string of the molecule is CC1CCCCC1CNC(=O)CC(C)(C)N. The van der Waals surface area contributed by atoms with Crippen molar-refractivity contribution in [1.29, 1.82) is 0 Å². The molecule has 1 aliphatic carbocycles. The average Bonchev–Trinajstić information content (AvgIpc) is 2.14. The standard InChI is InChI=1S/C13H26N2O/c1-10-6-4-5-7-11(10)9-15-12(16)8-13(2,3)14/h10-11H,4-9,14H2,1-3H3,(H,15,16). The number of carbonyl (C=O) groups excluding carboxylic acids is 1. The fourth-order valence-corrected chi connectivity index (χ4v) is 2.42. The molecule has 3 nitrogen and oxygen atoms in total. The fourth-order valence-electron chi connectivity index (χ4n) is 2.42. The molecule has 0 radical (unpaired) electrons. The zero-order chi connectivity index (χ0) is 12.2. The molecule has 2 atom stereocenters. The zero-order valence-electron chi connectivity index (χ0n) is 10.9. The lowest BCUT2D eigenvalue weighted by molar-refractivity contribution is -0.122. The summed E-state index contributed by atoms with van der Waals surface area (Å²) < 4.78 is 0. The lowest BCUT2D eigenvalue weighted by Gasteiger charge is -2.29. The Kier molecular flexibility index (Phi) is 4.78. The van der Waals surface area contributed by atoms with E-state index in [-0.39, 0.29) is 5.91 Å². The predicted molar refractivity (Wildman–Crippen MR) is 67.0 cm³/mol. The highest BCUT2D eigenvalue weighted by molar-refractivity contribution is 5.77. The quantitative estimate of drug-likeness (QED) is 0.771. The Morgan fingerprint density at radius 3 is 2.56 bits per heavy atom. The van der Waals surface area contributed by atoms with Gasteiger partial charge in [0.15, 0.2) is 0 Å². The van der Waals surface area contributed by atoms with Crippen LogP contribution in [-0.4, -0.2) is 18.0 Å². The van der Waals surface area contributed by atoms with Gasteiger partial charge in [0, 0.05) is 18.5 Å². The van der Waals surface area contributed by atoms with Gasteiger partial charge in [-0.2, -0.15) is 0 Å². The summed E-state index contributed by atoms with van der Waals surface area (Å²) in [5.41, 5.74) is 5.41. The molecule has 1 aliphatic rings. The van der Waals surface area contributed by atoms with Crippen molar-refractivity contribution in [3.63, 3.8) is 0 Å². The molecule has 16 heavy (non-hydrogen) atoms. The third-order valence-corrected chi connectivity index (χ3v) is 3.47. The van der Waals surface area contributed by atoms with E-state index in [1.807, 2.05) is 13.8 Å². The first-order valence-electron chi connectivity index (χ1n) is 6.44. The van der Waals surface area contributed by atoms with E-state index in [0.29, 0.717) is 12.3 Å². The third-order valence-electron chi connectivity index (χ3n) is 3.47. The van der Waals surface area contributed by atoms with Gasteiger partial charge in [0.1, 0.15) is 0 Å². The summed E-state index contributed by atoms with van der Waals surface area (Å²) in [5, 5.41) is 3.02. The van der Waals surface area contributed by atoms with E-state index >= 15 is 0 Å². The molecule has 0 spiro atoms. The van der Waals surface area contributed by atoms with Crippen LogP contribution in [0.25, 0.3) is 0 Å². The molecule has 3 N–H and O–H groups in total. The van der Waals surface area contributed by atoms with Crippen LogP contribution in [0.5, 0.6) is 0 Å². The van der Waals surface area contributed by atoms with Crippen LogP contribution in [0.3, 0.4) is 0 Å². The van der Waals surface area contributed by atoms with Crippen LogP contribution in [0, 0.1) is 11.8 Å². The molecule has 0 aromatic carbocycles. The van der Waals surface area contributed by atoms with Crippen molar-refractivity contribution in [1.82, 2.24) is 5.32 Å². The van der Waals surface area contributed by atoms with Gasteiger partial charge in [-0.1, -0.05) is 26.2 Å². The van der Waals surface area contributed by atoms with Gasteiger partial charge in [0.05, 0.1) is 0 Å². The summed E-state index contributed by atoms with van der Waals surface area (Å²) in [4.78, 5) is 11.6. The first-order valence-corrected chi connectivity index (χ1v) is 6.44. The van der Waals surface area contributed by atoms with Crippen molar-refractivity contribution in [3.05, 3.63) is 0 Å². The maximum Gasteiger partial charge on any atom is 0.221 e. The summed E-state index contributed by atoms with van der Waals surface area (Å²) >= 11 is 0. The molecule has 0 saturated heterocycles. The van der Waals surface area contributed by atoms with Crippen LogP contribution in [0.2, 0.25) is 0 Å². The van der Waals surface area contributed by atoms with Crippen molar-refractivity contribution >= 4 is 5.91 Å². The molecule has 2 unspecified atom stereocenters. The number of hydrogen-bond acceptors (Lipinski definition) is 2. The molecule has 0 aromatic heterocycles. The van der Waals surface area contributed by atoms with Gasteiger partial charge in [0.25, 0.3) is 0 Å². The molecule has 0 bridgehead atoms. The number of nitrogens with one attached hydrogen (secondary N) is 1. The smallest absolute Gasteiger partial charge is 0.221 e. The highest BCUT2D eigenvalue weighted by atomic mass is 16.1. The Morgan fingerprint density at radius 2 is 2.00 bits per heavy atom. The van der Waals surface area contributed by atoms with Crippen LogP contribution < -0.4 is 11.1 Å². The van der Waals surface area contributed by atoms with Crippen molar-refractivity contribution in [2.45, 2.75) is 58.4 Å². The van der Waals surface area contributed by atoms with Crippen LogP contribution in [-0.2, 0) is 4.79 Å². The fraction of sp³-hybridized carbons (Fsp3) is 0.923. The normalized spacial score (nSPS) is 26.5. The van der Waals surface area contributed by atoms with Gasteiger partial charge in [-0.3, -0.25) is 4.79 Å². The number of hydrogen-bond donors (Lipinski definition) is 2. The molecular formula is C13H26N2O. The van der Waals surface area contributed by atoms with E-state index in [1.54, 1.807) is 0 Å². The molecular weight excluding hydrogens is 200 g/mol. The van der Waals surface area contributed by atoms with E-state index < -0.39 is 5.54 Å². The van der Waals surface area contributed by atoms with E-state index in [9.17, 15) is 4.79 Å². The maximum absolute atomic E-state index is 11.6. The molecule has 1 rings (SSSR count). The molecule has 1 saturated carbocycles. The monoisotopic (exact) mass is 226 g/mol. The topological polar surface area (TPSA) is 55.1 Å². The van der Waals surface area contributed by atoms with Crippen molar-refractivity contribution in [2.75, 3.05) is 6.54 Å². The molecule has 0 aromatic rings. The van der Waals surface area contributed by atoms with E-state index in [1.165, 1.54) is 25.7 Å². The number of carbonyl (C=O) groups is 1. The van der Waals surface area contributed by atoms with E-state index in [2.05, 4.69) is 12.2 Å². The van der Waals surface area contributed by atoms with Crippen LogP contribution in [0.1, 0.15) is 52.9 Å².